The number of hydrogen-bond donors (Lipinski definition) is 3. The van der Waals surface area contributed by atoms with Gasteiger partial charge in [-0.2, -0.15) is 13.2 Å². The van der Waals surface area contributed by atoms with Gasteiger partial charge in [0.15, 0.2) is 10.6 Å². The molecule has 1 atom stereocenters. The normalized spacial score (nSPS) is 17.0. The third-order valence-corrected chi connectivity index (χ3v) is 7.79. The molecule has 0 radical (unpaired) electrons. The van der Waals surface area contributed by atoms with Gasteiger partial charge in [0.05, 0.1) is 20.5 Å². The average Bonchev–Trinajstić information content (AvgIpc) is 3.23. The maximum atomic E-state index is 13.6. The summed E-state index contributed by atoms with van der Waals surface area (Å²) in [5.41, 5.74) is -5.41. The molecule has 3 N–H and O–H groups in total. The number of likely N-dealkylation sites (tertiary alicyclic amines) is 1. The van der Waals surface area contributed by atoms with Crippen LogP contribution in [0.3, 0.4) is 0 Å². The monoisotopic (exact) mass is 585 g/mol. The van der Waals surface area contributed by atoms with Gasteiger partial charge in [0.2, 0.25) is 0 Å². The second-order valence-corrected chi connectivity index (χ2v) is 11.3. The Bertz CT molecular complexity index is 1190. The van der Waals surface area contributed by atoms with Gasteiger partial charge in [0, 0.05) is 30.8 Å². The molecule has 0 bridgehead atoms. The summed E-state index contributed by atoms with van der Waals surface area (Å²) < 4.78 is 53.8. The summed E-state index contributed by atoms with van der Waals surface area (Å²) >= 11 is 13.2. The smallest absolute Gasteiger partial charge is 0.389 e. The van der Waals surface area contributed by atoms with Gasteiger partial charge in [0.25, 0.3) is 11.8 Å². The second kappa shape index (κ2) is 10.6. The maximum absolute atomic E-state index is 13.6. The number of thiazole rings is 1. The van der Waals surface area contributed by atoms with E-state index in [-0.39, 0.29) is 58.6 Å². The molecule has 2 aromatic rings. The highest BCUT2D eigenvalue weighted by molar-refractivity contribution is 7.17. The van der Waals surface area contributed by atoms with E-state index < -0.39 is 46.0 Å². The fourth-order valence-corrected chi connectivity index (χ4v) is 5.24. The van der Waals surface area contributed by atoms with Crippen LogP contribution in [-0.2, 0) is 5.60 Å². The number of amides is 2. The third kappa shape index (κ3) is 6.36. The average molecular weight is 586 g/mol. The number of nitrogens with one attached hydrogen (secondary N) is 1. The van der Waals surface area contributed by atoms with Gasteiger partial charge < -0.3 is 20.4 Å². The summed E-state index contributed by atoms with van der Waals surface area (Å²) in [5, 5.41) is 21.3. The minimum atomic E-state index is -5.05. The SMILES string of the molecule is CC(C)(O)CNC(=O)c1nc(C(=O)N2CCC(F)CC2)c(-c2ccc(C(C)(O)C(F)(F)F)c(Cl)c2Cl)s1. The molecule has 204 valence electrons. The molecule has 3 rings (SSSR count). The lowest BCUT2D eigenvalue weighted by atomic mass is 9.94. The second-order valence-electron chi connectivity index (χ2n) is 9.52. The Hall–Kier alpha value is -1.99. The number of carbonyl (C=O) groups is 2. The van der Waals surface area contributed by atoms with Crippen LogP contribution in [0, 0.1) is 0 Å². The number of alkyl halides is 4. The Balaban J connectivity index is 2.09. The molecule has 0 saturated carbocycles. The Morgan fingerprint density at radius 3 is 2.27 bits per heavy atom. The topological polar surface area (TPSA) is 103 Å². The van der Waals surface area contributed by atoms with Crippen molar-refractivity contribution in [2.45, 2.75) is 57.2 Å². The molecule has 1 aromatic carbocycles. The molecular weight excluding hydrogens is 561 g/mol. The Morgan fingerprint density at radius 2 is 1.73 bits per heavy atom. The molecule has 37 heavy (non-hydrogen) atoms. The zero-order valence-electron chi connectivity index (χ0n) is 20.0. The van der Waals surface area contributed by atoms with Crippen molar-refractivity contribution < 1.29 is 37.4 Å². The molecular formula is C23H25Cl2F4N3O4S. The molecule has 1 saturated heterocycles. The molecule has 2 amide bonds. The van der Waals surface area contributed by atoms with Gasteiger partial charge in [-0.25, -0.2) is 9.37 Å². The Morgan fingerprint density at radius 1 is 1.14 bits per heavy atom. The lowest BCUT2D eigenvalue weighted by Gasteiger charge is -2.29. The van der Waals surface area contributed by atoms with Crippen LogP contribution in [0.1, 0.15) is 59.5 Å². The number of aromatic nitrogens is 1. The van der Waals surface area contributed by atoms with Gasteiger partial charge in [0.1, 0.15) is 11.9 Å². The van der Waals surface area contributed by atoms with E-state index in [0.29, 0.717) is 6.92 Å². The van der Waals surface area contributed by atoms with Gasteiger partial charge in [-0.15, -0.1) is 11.3 Å². The van der Waals surface area contributed by atoms with Gasteiger partial charge in [-0.05, 0) is 33.6 Å². The van der Waals surface area contributed by atoms with Crippen molar-refractivity contribution >= 4 is 46.4 Å². The summed E-state index contributed by atoms with van der Waals surface area (Å²) in [6.07, 6.45) is -5.86. The number of aliphatic hydroxyl groups is 2. The molecule has 1 aliphatic rings. The first-order valence-corrected chi connectivity index (χ1v) is 12.7. The Kier molecular flexibility index (Phi) is 8.50. The van der Waals surface area contributed by atoms with Gasteiger partial charge in [-0.3, -0.25) is 9.59 Å². The van der Waals surface area contributed by atoms with Crippen LogP contribution in [-0.4, -0.2) is 69.5 Å². The summed E-state index contributed by atoms with van der Waals surface area (Å²) in [6.45, 7) is 3.58. The highest BCUT2D eigenvalue weighted by Gasteiger charge is 2.52. The van der Waals surface area contributed by atoms with E-state index in [0.717, 1.165) is 23.5 Å². The molecule has 7 nitrogen and oxygen atoms in total. The molecule has 1 unspecified atom stereocenters. The largest absolute Gasteiger partial charge is 0.421 e. The number of nitrogens with zero attached hydrogens (tertiary/aromatic N) is 2. The van der Waals surface area contributed by atoms with Crippen molar-refractivity contribution in [2.75, 3.05) is 19.6 Å². The fraction of sp³-hybridized carbons (Fsp3) is 0.522. The van der Waals surface area contributed by atoms with Crippen LogP contribution >= 0.6 is 34.5 Å². The number of carbonyl (C=O) groups excluding carboxylic acids is 2. The molecule has 14 heteroatoms. The highest BCUT2D eigenvalue weighted by Crippen LogP contribution is 2.47. The van der Waals surface area contributed by atoms with E-state index in [2.05, 4.69) is 10.3 Å². The van der Waals surface area contributed by atoms with Crippen LogP contribution in [0.25, 0.3) is 10.4 Å². The van der Waals surface area contributed by atoms with Crippen molar-refractivity contribution in [3.05, 3.63) is 38.4 Å². The zero-order chi connectivity index (χ0) is 27.9. The van der Waals surface area contributed by atoms with Crippen LogP contribution in [0.2, 0.25) is 10.0 Å². The highest BCUT2D eigenvalue weighted by atomic mass is 35.5. The maximum Gasteiger partial charge on any atom is 0.421 e. The van der Waals surface area contributed by atoms with Crippen molar-refractivity contribution in [2.24, 2.45) is 0 Å². The van der Waals surface area contributed by atoms with E-state index in [1.54, 1.807) is 0 Å². The molecule has 1 fully saturated rings. The predicted octanol–water partition coefficient (Wildman–Crippen LogP) is 4.96. The number of piperidine rings is 1. The lowest BCUT2D eigenvalue weighted by molar-refractivity contribution is -0.258. The minimum Gasteiger partial charge on any atom is -0.389 e. The molecule has 0 aliphatic carbocycles. The lowest BCUT2D eigenvalue weighted by Crippen LogP contribution is -2.40. The van der Waals surface area contributed by atoms with Crippen LogP contribution in [0.4, 0.5) is 17.6 Å². The number of halogens is 6. The molecule has 1 aliphatic heterocycles. The van der Waals surface area contributed by atoms with Gasteiger partial charge in [-0.1, -0.05) is 35.3 Å². The van der Waals surface area contributed by atoms with Crippen molar-refractivity contribution in [3.8, 4) is 10.4 Å². The van der Waals surface area contributed by atoms with Gasteiger partial charge >= 0.3 is 6.18 Å². The first-order chi connectivity index (χ1) is 16.9. The summed E-state index contributed by atoms with van der Waals surface area (Å²) in [7, 11) is 0. The first kappa shape index (κ1) is 29.6. The summed E-state index contributed by atoms with van der Waals surface area (Å²) in [4.78, 5) is 31.6. The molecule has 2 heterocycles. The number of benzene rings is 1. The molecule has 0 spiro atoms. The quantitative estimate of drug-likeness (QED) is 0.416. The van der Waals surface area contributed by atoms with E-state index in [9.17, 15) is 37.4 Å². The van der Waals surface area contributed by atoms with E-state index in [1.807, 2.05) is 0 Å². The summed E-state index contributed by atoms with van der Waals surface area (Å²) in [6, 6.07) is 2.09. The molecule has 1 aromatic heterocycles. The fourth-order valence-electron chi connectivity index (χ4n) is 3.57. The van der Waals surface area contributed by atoms with Crippen molar-refractivity contribution in [1.82, 2.24) is 15.2 Å². The van der Waals surface area contributed by atoms with E-state index in [1.165, 1.54) is 18.7 Å². The van der Waals surface area contributed by atoms with Crippen molar-refractivity contribution in [1.29, 1.82) is 0 Å². The zero-order valence-corrected chi connectivity index (χ0v) is 22.4. The van der Waals surface area contributed by atoms with E-state index >= 15 is 0 Å². The van der Waals surface area contributed by atoms with Crippen LogP contribution in [0.5, 0.6) is 0 Å². The third-order valence-electron chi connectivity index (χ3n) is 5.82. The standard InChI is InChI=1S/C23H25Cl2F4N3O4S/c1-21(2,35)10-30-18(33)19-31-16(20(34)32-8-6-11(26)7-9-32)17(37-19)12-4-5-13(15(25)14(12)24)22(3,36)23(27,28)29/h4-5,11,35-36H,6-10H2,1-3H3,(H,30,33). The summed E-state index contributed by atoms with van der Waals surface area (Å²) in [5.74, 6) is -1.31. The minimum absolute atomic E-state index is 0.0242. The van der Waals surface area contributed by atoms with E-state index in [4.69, 9.17) is 23.2 Å². The van der Waals surface area contributed by atoms with Crippen LogP contribution in [0.15, 0.2) is 12.1 Å². The predicted molar refractivity (Wildman–Crippen MR) is 132 cm³/mol. The van der Waals surface area contributed by atoms with Crippen molar-refractivity contribution in [3.63, 3.8) is 0 Å². The number of hydrogen-bond acceptors (Lipinski definition) is 6. The van der Waals surface area contributed by atoms with Crippen LogP contribution < -0.4 is 5.32 Å². The Labute approximate surface area is 224 Å². The first-order valence-electron chi connectivity index (χ1n) is 11.2. The number of rotatable bonds is 6.